The Labute approximate surface area is 157 Å². The highest BCUT2D eigenvalue weighted by molar-refractivity contribution is 7.13. The van der Waals surface area contributed by atoms with Crippen LogP contribution in [0.3, 0.4) is 0 Å². The maximum absolute atomic E-state index is 10.6. The summed E-state index contributed by atoms with van der Waals surface area (Å²) in [5.74, 6) is -1.12. The first-order valence-electron chi connectivity index (χ1n) is 8.06. The van der Waals surface area contributed by atoms with Gasteiger partial charge in [-0.1, -0.05) is 0 Å². The second-order valence-corrected chi connectivity index (χ2v) is 6.52. The first-order valence-corrected chi connectivity index (χ1v) is 8.94. The Kier molecular flexibility index (Phi) is 7.36. The van der Waals surface area contributed by atoms with Crippen molar-refractivity contribution in [3.8, 4) is 5.75 Å². The predicted octanol–water partition coefficient (Wildman–Crippen LogP) is 3.35. The molecular formula is C16H19F3N4O3S. The van der Waals surface area contributed by atoms with E-state index in [1.54, 1.807) is 17.5 Å². The summed E-state index contributed by atoms with van der Waals surface area (Å²) < 4.78 is 37.7. The summed E-state index contributed by atoms with van der Waals surface area (Å²) in [6, 6.07) is 3.83. The number of thiazole rings is 1. The number of nitrogens with one attached hydrogen (secondary N) is 2. The van der Waals surface area contributed by atoms with E-state index in [-0.39, 0.29) is 0 Å². The molecule has 3 N–H and O–H groups in total. The van der Waals surface area contributed by atoms with E-state index in [4.69, 9.17) is 14.6 Å². The van der Waals surface area contributed by atoms with Gasteiger partial charge in [0.1, 0.15) is 17.7 Å². The topological polar surface area (TPSA) is 96.4 Å². The molecule has 0 radical (unpaired) electrons. The number of nitrogens with zero attached hydrogens (tertiary/aromatic N) is 2. The Morgan fingerprint density at radius 1 is 1.41 bits per heavy atom. The first kappa shape index (κ1) is 20.9. The summed E-state index contributed by atoms with van der Waals surface area (Å²) in [4.78, 5) is 17.6. The van der Waals surface area contributed by atoms with E-state index in [0.717, 1.165) is 48.3 Å². The van der Waals surface area contributed by atoms with E-state index < -0.39 is 12.1 Å². The van der Waals surface area contributed by atoms with Crippen molar-refractivity contribution in [1.29, 1.82) is 0 Å². The number of carbonyl (C=O) groups is 1. The Hall–Kier alpha value is -2.40. The smallest absolute Gasteiger partial charge is 0.490 e. The van der Waals surface area contributed by atoms with Crippen molar-refractivity contribution >= 4 is 28.3 Å². The number of aliphatic carboxylic acids is 1. The van der Waals surface area contributed by atoms with Gasteiger partial charge in [-0.3, -0.25) is 0 Å². The number of carboxylic acid groups (broad SMARTS) is 1. The molecule has 1 aliphatic rings. The van der Waals surface area contributed by atoms with Gasteiger partial charge in [0, 0.05) is 17.6 Å². The minimum atomic E-state index is -5.08. The fraction of sp³-hybridized carbons (Fsp3) is 0.438. The molecule has 3 heterocycles. The Balaban J connectivity index is 0.000000321. The summed E-state index contributed by atoms with van der Waals surface area (Å²) >= 11 is 1.57. The molecule has 2 aromatic rings. The van der Waals surface area contributed by atoms with Crippen molar-refractivity contribution in [3.63, 3.8) is 0 Å². The third-order valence-corrected chi connectivity index (χ3v) is 4.29. The van der Waals surface area contributed by atoms with Crippen LogP contribution in [-0.2, 0) is 4.79 Å². The lowest BCUT2D eigenvalue weighted by atomic mass is 10.1. The maximum atomic E-state index is 10.6. The van der Waals surface area contributed by atoms with E-state index in [0.29, 0.717) is 6.10 Å². The summed E-state index contributed by atoms with van der Waals surface area (Å²) in [5.41, 5.74) is 1.01. The lowest BCUT2D eigenvalue weighted by molar-refractivity contribution is -0.192. The third-order valence-electron chi connectivity index (χ3n) is 3.42. The van der Waals surface area contributed by atoms with Gasteiger partial charge in [0.2, 0.25) is 0 Å². The van der Waals surface area contributed by atoms with Crippen molar-refractivity contribution in [2.24, 2.45) is 0 Å². The second kappa shape index (κ2) is 9.51. The number of piperidine rings is 1. The number of hydrogen-bond donors (Lipinski definition) is 3. The van der Waals surface area contributed by atoms with Crippen LogP contribution in [-0.4, -0.2) is 46.4 Å². The van der Waals surface area contributed by atoms with Crippen molar-refractivity contribution in [1.82, 2.24) is 15.3 Å². The number of anilines is 2. The fourth-order valence-corrected chi connectivity index (χ4v) is 2.87. The van der Waals surface area contributed by atoms with Crippen LogP contribution in [0.1, 0.15) is 18.5 Å². The zero-order valence-corrected chi connectivity index (χ0v) is 15.2. The van der Waals surface area contributed by atoms with Gasteiger partial charge >= 0.3 is 12.1 Å². The van der Waals surface area contributed by atoms with Crippen molar-refractivity contribution in [3.05, 3.63) is 29.4 Å². The number of rotatable bonds is 4. The van der Waals surface area contributed by atoms with Crippen LogP contribution in [0.2, 0.25) is 0 Å². The van der Waals surface area contributed by atoms with Crippen LogP contribution in [0, 0.1) is 6.92 Å². The average Bonchev–Trinajstić information content (AvgIpc) is 3.01. The molecule has 3 rings (SSSR count). The highest BCUT2D eigenvalue weighted by Gasteiger charge is 2.38. The summed E-state index contributed by atoms with van der Waals surface area (Å²) in [6.45, 7) is 4.03. The number of ether oxygens (including phenoxy) is 1. The Bertz CT molecular complexity index is 749. The van der Waals surface area contributed by atoms with Crippen LogP contribution < -0.4 is 15.4 Å². The minimum absolute atomic E-state index is 0.300. The predicted molar refractivity (Wildman–Crippen MR) is 94.6 cm³/mol. The largest absolute Gasteiger partial charge is 0.490 e. The molecule has 1 aliphatic heterocycles. The van der Waals surface area contributed by atoms with Crippen LogP contribution in [0.25, 0.3) is 0 Å². The van der Waals surface area contributed by atoms with Crippen molar-refractivity contribution in [2.45, 2.75) is 32.0 Å². The molecular weight excluding hydrogens is 385 g/mol. The Morgan fingerprint density at radius 3 is 2.63 bits per heavy atom. The first-order chi connectivity index (χ1) is 12.7. The highest BCUT2D eigenvalue weighted by atomic mass is 32.1. The average molecular weight is 404 g/mol. The number of hydrogen-bond acceptors (Lipinski definition) is 7. The third kappa shape index (κ3) is 7.39. The second-order valence-electron chi connectivity index (χ2n) is 5.67. The lowest BCUT2D eigenvalue weighted by Crippen LogP contribution is -2.34. The van der Waals surface area contributed by atoms with Crippen molar-refractivity contribution < 1.29 is 27.8 Å². The highest BCUT2D eigenvalue weighted by Crippen LogP contribution is 2.23. The maximum Gasteiger partial charge on any atom is 0.490 e. The van der Waals surface area contributed by atoms with Gasteiger partial charge in [-0.2, -0.15) is 13.2 Å². The van der Waals surface area contributed by atoms with Gasteiger partial charge in [-0.25, -0.2) is 14.8 Å². The number of halogens is 3. The van der Waals surface area contributed by atoms with Gasteiger partial charge < -0.3 is 20.5 Å². The van der Waals surface area contributed by atoms with Gasteiger partial charge in [-0.15, -0.1) is 11.3 Å². The molecule has 148 valence electrons. The number of aryl methyl sites for hydroxylation is 1. The molecule has 0 spiro atoms. The number of pyridine rings is 1. The molecule has 11 heteroatoms. The molecule has 0 aromatic carbocycles. The summed E-state index contributed by atoms with van der Waals surface area (Å²) in [6.07, 6.45) is -0.916. The summed E-state index contributed by atoms with van der Waals surface area (Å²) in [5, 5.41) is 16.5. The number of carboxylic acids is 1. The Morgan fingerprint density at radius 2 is 2.07 bits per heavy atom. The molecule has 1 fully saturated rings. The van der Waals surface area contributed by atoms with E-state index in [2.05, 4.69) is 20.6 Å². The standard InChI is InChI=1S/C14H18N4OS.C2HF3O2/c1-10-9-20-14(17-10)18-13-8-12(4-7-16-13)19-11-2-5-15-6-3-11;3-2(4,5)1(6)7/h4,7-9,11,15H,2-3,5-6H2,1H3,(H,16,17,18);(H,6,7). The molecule has 27 heavy (non-hydrogen) atoms. The zero-order chi connectivity index (χ0) is 19.9. The van der Waals surface area contributed by atoms with E-state index in [1.807, 2.05) is 24.4 Å². The molecule has 0 atom stereocenters. The SMILES string of the molecule is Cc1csc(Nc2cc(OC3CCNCC3)ccn2)n1.O=C(O)C(F)(F)F. The molecule has 0 unspecified atom stereocenters. The van der Waals surface area contributed by atoms with Gasteiger partial charge in [-0.05, 0) is 38.9 Å². The summed E-state index contributed by atoms with van der Waals surface area (Å²) in [7, 11) is 0. The molecule has 1 saturated heterocycles. The van der Waals surface area contributed by atoms with Crippen molar-refractivity contribution in [2.75, 3.05) is 18.4 Å². The number of aromatic nitrogens is 2. The minimum Gasteiger partial charge on any atom is -0.490 e. The van der Waals surface area contributed by atoms with Gasteiger partial charge in [0.25, 0.3) is 0 Å². The molecule has 0 saturated carbocycles. The molecule has 7 nitrogen and oxygen atoms in total. The van der Waals surface area contributed by atoms with Gasteiger partial charge in [0.15, 0.2) is 5.13 Å². The molecule has 0 amide bonds. The fourth-order valence-electron chi connectivity index (χ4n) is 2.18. The van der Waals surface area contributed by atoms with Gasteiger partial charge in [0.05, 0.1) is 5.69 Å². The molecule has 0 aliphatic carbocycles. The monoisotopic (exact) mass is 404 g/mol. The van der Waals surface area contributed by atoms with E-state index in [1.165, 1.54) is 0 Å². The van der Waals surface area contributed by atoms with Crippen LogP contribution in [0.5, 0.6) is 5.75 Å². The van der Waals surface area contributed by atoms with E-state index >= 15 is 0 Å². The molecule has 0 bridgehead atoms. The van der Waals surface area contributed by atoms with Crippen LogP contribution in [0.4, 0.5) is 24.1 Å². The lowest BCUT2D eigenvalue weighted by Gasteiger charge is -2.23. The number of alkyl halides is 3. The zero-order valence-electron chi connectivity index (χ0n) is 14.4. The molecule has 2 aromatic heterocycles. The van der Waals surface area contributed by atoms with Crippen LogP contribution in [0.15, 0.2) is 23.7 Å². The quantitative estimate of drug-likeness (QED) is 0.719. The normalized spacial score (nSPS) is 14.8. The van der Waals surface area contributed by atoms with E-state index in [9.17, 15) is 13.2 Å². The van der Waals surface area contributed by atoms with Crippen LogP contribution >= 0.6 is 11.3 Å².